The average Bonchev–Trinajstić information content (AvgIpc) is 2.75. The van der Waals surface area contributed by atoms with Crippen molar-refractivity contribution in [3.8, 4) is 0 Å². The number of hydrogen-bond donors (Lipinski definition) is 2. The smallest absolute Gasteiger partial charge is 0.250 e. The molecule has 2 N–H and O–H groups in total. The number of pyridine rings is 1. The van der Waals surface area contributed by atoms with E-state index in [2.05, 4.69) is 53.6 Å². The second-order valence-corrected chi connectivity index (χ2v) is 6.90. The van der Waals surface area contributed by atoms with E-state index in [1.54, 1.807) is 16.7 Å². The number of nitrogens with one attached hydrogen (secondary N) is 2. The molecule has 0 saturated carbocycles. The van der Waals surface area contributed by atoms with Crippen molar-refractivity contribution in [2.75, 3.05) is 37.6 Å². The lowest BCUT2D eigenvalue weighted by molar-refractivity contribution is 0.585. The van der Waals surface area contributed by atoms with Crippen molar-refractivity contribution < 1.29 is 0 Å². The fraction of sp³-hybridized carbons (Fsp3) is 0.478. The van der Waals surface area contributed by atoms with Crippen LogP contribution in [0.2, 0.25) is 0 Å². The number of nitrogens with zero attached hydrogens (tertiary/aromatic N) is 3. The molecule has 2 rings (SSSR count). The minimum absolute atomic E-state index is 0. The largest absolute Gasteiger partial charge is 0.372 e. The first-order valence-corrected chi connectivity index (χ1v) is 10.7. The molecular formula is C23H36IN5O. The molecule has 1 aromatic carbocycles. The topological polar surface area (TPSA) is 61.7 Å². The lowest BCUT2D eigenvalue weighted by Crippen LogP contribution is -2.38. The van der Waals surface area contributed by atoms with Crippen LogP contribution in [0.5, 0.6) is 0 Å². The van der Waals surface area contributed by atoms with Crippen molar-refractivity contribution in [2.45, 2.75) is 39.7 Å². The second kappa shape index (κ2) is 15.8. The van der Waals surface area contributed by atoms with Gasteiger partial charge in [-0.1, -0.05) is 24.3 Å². The van der Waals surface area contributed by atoms with E-state index < -0.39 is 0 Å². The van der Waals surface area contributed by atoms with Gasteiger partial charge in [-0.2, -0.15) is 0 Å². The van der Waals surface area contributed by atoms with Gasteiger partial charge >= 0.3 is 0 Å². The number of rotatable bonds is 12. The van der Waals surface area contributed by atoms with Gasteiger partial charge in [-0.05, 0) is 51.3 Å². The summed E-state index contributed by atoms with van der Waals surface area (Å²) < 4.78 is 1.76. The van der Waals surface area contributed by atoms with Gasteiger partial charge in [0.15, 0.2) is 5.96 Å². The summed E-state index contributed by atoms with van der Waals surface area (Å²) in [5.74, 6) is 0.868. The highest BCUT2D eigenvalue weighted by molar-refractivity contribution is 14.0. The van der Waals surface area contributed by atoms with Gasteiger partial charge in [-0.3, -0.25) is 9.79 Å². The third kappa shape index (κ3) is 9.65. The van der Waals surface area contributed by atoms with Crippen LogP contribution in [0, 0.1) is 0 Å². The van der Waals surface area contributed by atoms with E-state index >= 15 is 0 Å². The van der Waals surface area contributed by atoms with Gasteiger partial charge in [0.1, 0.15) is 0 Å². The van der Waals surface area contributed by atoms with Gasteiger partial charge in [0, 0.05) is 57.2 Å². The van der Waals surface area contributed by atoms with Gasteiger partial charge in [0.05, 0.1) is 0 Å². The van der Waals surface area contributed by atoms with Crippen molar-refractivity contribution in [1.82, 2.24) is 15.2 Å². The van der Waals surface area contributed by atoms with Crippen LogP contribution in [-0.2, 0) is 6.54 Å². The van der Waals surface area contributed by atoms with Crippen LogP contribution < -0.4 is 21.1 Å². The molecule has 0 aliphatic carbocycles. The van der Waals surface area contributed by atoms with Crippen LogP contribution >= 0.6 is 24.0 Å². The third-order valence-corrected chi connectivity index (χ3v) is 4.72. The van der Waals surface area contributed by atoms with Crippen LogP contribution in [0.3, 0.4) is 0 Å². The number of para-hydroxylation sites is 1. The molecule has 166 valence electrons. The molecule has 0 unspecified atom stereocenters. The summed E-state index contributed by atoms with van der Waals surface area (Å²) in [5.41, 5.74) is 1.33. The zero-order chi connectivity index (χ0) is 20.7. The number of anilines is 1. The average molecular weight is 525 g/mol. The summed E-state index contributed by atoms with van der Waals surface area (Å²) in [5, 5.41) is 6.70. The molecule has 0 amide bonds. The molecule has 0 atom stereocenters. The third-order valence-electron chi connectivity index (χ3n) is 4.72. The fourth-order valence-corrected chi connectivity index (χ4v) is 3.16. The first kappa shape index (κ1) is 26.0. The maximum absolute atomic E-state index is 11.7. The Bertz CT molecular complexity index is 778. The van der Waals surface area contributed by atoms with E-state index in [4.69, 9.17) is 4.99 Å². The number of benzene rings is 1. The quantitative estimate of drug-likeness (QED) is 0.192. The van der Waals surface area contributed by atoms with Crippen molar-refractivity contribution in [3.05, 3.63) is 65.1 Å². The van der Waals surface area contributed by atoms with E-state index in [0.717, 1.165) is 64.5 Å². The van der Waals surface area contributed by atoms with Crippen LogP contribution in [0.25, 0.3) is 0 Å². The summed E-state index contributed by atoms with van der Waals surface area (Å²) >= 11 is 0. The van der Waals surface area contributed by atoms with Gasteiger partial charge in [-0.15, -0.1) is 24.0 Å². The van der Waals surface area contributed by atoms with Gasteiger partial charge in [0.2, 0.25) is 5.56 Å². The number of guanidine groups is 1. The van der Waals surface area contributed by atoms with Crippen molar-refractivity contribution in [1.29, 1.82) is 0 Å². The molecule has 0 radical (unpaired) electrons. The molecule has 6 nitrogen and oxygen atoms in total. The lowest BCUT2D eigenvalue weighted by atomic mass is 10.2. The summed E-state index contributed by atoms with van der Waals surface area (Å²) in [6.07, 6.45) is 4.80. The summed E-state index contributed by atoms with van der Waals surface area (Å²) in [4.78, 5) is 18.8. The second-order valence-electron chi connectivity index (χ2n) is 6.90. The van der Waals surface area contributed by atoms with Crippen molar-refractivity contribution in [3.63, 3.8) is 0 Å². The molecule has 1 aromatic heterocycles. The normalized spacial score (nSPS) is 10.9. The first-order chi connectivity index (χ1) is 14.2. The molecule has 2 aromatic rings. The zero-order valence-electron chi connectivity index (χ0n) is 18.2. The number of aromatic nitrogens is 1. The Balaban J connectivity index is 0.00000450. The van der Waals surface area contributed by atoms with Gasteiger partial charge in [0.25, 0.3) is 0 Å². The van der Waals surface area contributed by atoms with Crippen molar-refractivity contribution in [2.24, 2.45) is 4.99 Å². The summed E-state index contributed by atoms with van der Waals surface area (Å²) in [6, 6.07) is 15.8. The maximum Gasteiger partial charge on any atom is 0.250 e. The Labute approximate surface area is 197 Å². The minimum Gasteiger partial charge on any atom is -0.372 e. The molecule has 0 spiro atoms. The van der Waals surface area contributed by atoms with E-state index in [-0.39, 0.29) is 29.5 Å². The minimum atomic E-state index is 0. The Morgan fingerprint density at radius 3 is 2.47 bits per heavy atom. The Morgan fingerprint density at radius 2 is 1.77 bits per heavy atom. The van der Waals surface area contributed by atoms with Crippen LogP contribution in [0.4, 0.5) is 5.69 Å². The maximum atomic E-state index is 11.7. The highest BCUT2D eigenvalue weighted by atomic mass is 127. The lowest BCUT2D eigenvalue weighted by Gasteiger charge is -2.22. The monoisotopic (exact) mass is 525 g/mol. The Kier molecular flexibility index (Phi) is 13.7. The van der Waals surface area contributed by atoms with E-state index in [1.165, 1.54) is 5.69 Å². The highest BCUT2D eigenvalue weighted by Gasteiger charge is 2.03. The number of halogens is 1. The summed E-state index contributed by atoms with van der Waals surface area (Å²) in [7, 11) is 0. The number of hydrogen-bond acceptors (Lipinski definition) is 3. The molecule has 0 bridgehead atoms. The van der Waals surface area contributed by atoms with E-state index in [1.807, 2.05) is 18.3 Å². The molecular weight excluding hydrogens is 489 g/mol. The van der Waals surface area contributed by atoms with Crippen LogP contribution in [-0.4, -0.2) is 43.3 Å². The number of aliphatic imine (C=N–C) groups is 1. The fourth-order valence-electron chi connectivity index (χ4n) is 3.16. The van der Waals surface area contributed by atoms with Crippen molar-refractivity contribution >= 4 is 35.6 Å². The Hall–Kier alpha value is -2.03. The first-order valence-electron chi connectivity index (χ1n) is 10.7. The predicted octanol–water partition coefficient (Wildman–Crippen LogP) is 3.72. The SMILES string of the molecule is CCNC(=NCCCN(CC)c1ccccc1)NCCCCn1ccccc1=O.I. The molecule has 0 saturated heterocycles. The summed E-state index contributed by atoms with van der Waals surface area (Å²) in [6.45, 7) is 9.48. The zero-order valence-corrected chi connectivity index (χ0v) is 20.5. The molecule has 7 heteroatoms. The Morgan fingerprint density at radius 1 is 1.00 bits per heavy atom. The van der Waals surface area contributed by atoms with Crippen LogP contribution in [0.15, 0.2) is 64.5 Å². The number of aryl methyl sites for hydroxylation is 1. The molecule has 0 fully saturated rings. The predicted molar refractivity (Wildman–Crippen MR) is 138 cm³/mol. The van der Waals surface area contributed by atoms with E-state index in [9.17, 15) is 4.79 Å². The van der Waals surface area contributed by atoms with Gasteiger partial charge < -0.3 is 20.1 Å². The highest BCUT2D eigenvalue weighted by Crippen LogP contribution is 2.12. The number of unbranched alkanes of at least 4 members (excludes halogenated alkanes) is 1. The van der Waals surface area contributed by atoms with E-state index in [0.29, 0.717) is 0 Å². The van der Waals surface area contributed by atoms with Gasteiger partial charge in [-0.25, -0.2) is 0 Å². The van der Waals surface area contributed by atoms with Crippen LogP contribution in [0.1, 0.15) is 33.1 Å². The molecule has 1 heterocycles. The molecule has 0 aliphatic heterocycles. The standard InChI is InChI=1S/C23H35N5O.HI/c1-3-24-23(25-16-9-11-19-28-18-10-8-15-22(28)29)26-17-12-20-27(4-2)21-13-6-5-7-14-21;/h5-8,10,13-15,18H,3-4,9,11-12,16-17,19-20H2,1-2H3,(H2,24,25,26);1H. The molecule has 0 aliphatic rings. The molecule has 30 heavy (non-hydrogen) atoms.